The van der Waals surface area contributed by atoms with E-state index in [1.807, 2.05) is 0 Å². The number of aliphatic hydroxyl groups is 1. The standard InChI is InChI=1S/C12H12BrF3O4/c1-3-20-11(18)9(17)7-4-6(13)5-8(10(7)19-2)12(14,15)16/h4-5,9,17H,3H2,1-2H3. The second-order valence-electron chi connectivity index (χ2n) is 3.73. The van der Waals surface area contributed by atoms with Gasteiger partial charge in [0.05, 0.1) is 19.3 Å². The van der Waals surface area contributed by atoms with E-state index in [9.17, 15) is 23.1 Å². The minimum absolute atomic E-state index is 0.00165. The van der Waals surface area contributed by atoms with Gasteiger partial charge in [0.25, 0.3) is 0 Å². The lowest BCUT2D eigenvalue weighted by Gasteiger charge is -2.19. The summed E-state index contributed by atoms with van der Waals surface area (Å²) < 4.78 is 48.1. The molecule has 0 spiro atoms. The van der Waals surface area contributed by atoms with Gasteiger partial charge in [0.15, 0.2) is 6.10 Å². The van der Waals surface area contributed by atoms with E-state index >= 15 is 0 Å². The van der Waals surface area contributed by atoms with Gasteiger partial charge in [-0.2, -0.15) is 13.2 Å². The molecule has 1 atom stereocenters. The van der Waals surface area contributed by atoms with Crippen LogP contribution in [-0.2, 0) is 15.7 Å². The number of hydrogen-bond donors (Lipinski definition) is 1. The minimum atomic E-state index is -4.68. The molecule has 8 heteroatoms. The fraction of sp³-hybridized carbons (Fsp3) is 0.417. The van der Waals surface area contributed by atoms with Gasteiger partial charge in [0.2, 0.25) is 0 Å². The number of carbonyl (C=O) groups is 1. The lowest BCUT2D eigenvalue weighted by molar-refractivity contribution is -0.153. The summed E-state index contributed by atoms with van der Waals surface area (Å²) in [5, 5.41) is 9.80. The molecule has 0 fully saturated rings. The van der Waals surface area contributed by atoms with Crippen LogP contribution in [0.2, 0.25) is 0 Å². The fourth-order valence-electron chi connectivity index (χ4n) is 1.60. The molecule has 0 aromatic heterocycles. The Kier molecular flexibility index (Phi) is 5.41. The van der Waals surface area contributed by atoms with Crippen LogP contribution in [0.1, 0.15) is 24.2 Å². The van der Waals surface area contributed by atoms with Crippen LogP contribution >= 0.6 is 15.9 Å². The van der Waals surface area contributed by atoms with Gasteiger partial charge >= 0.3 is 12.1 Å². The molecule has 20 heavy (non-hydrogen) atoms. The number of benzene rings is 1. The topological polar surface area (TPSA) is 55.8 Å². The largest absolute Gasteiger partial charge is 0.496 e. The third-order valence-corrected chi connectivity index (χ3v) is 2.85. The molecule has 0 aliphatic rings. The van der Waals surface area contributed by atoms with Crippen molar-refractivity contribution in [2.45, 2.75) is 19.2 Å². The second kappa shape index (κ2) is 6.45. The van der Waals surface area contributed by atoms with Crippen LogP contribution in [0, 0.1) is 0 Å². The number of hydrogen-bond acceptors (Lipinski definition) is 4. The van der Waals surface area contributed by atoms with Gasteiger partial charge in [-0.3, -0.25) is 0 Å². The van der Waals surface area contributed by atoms with E-state index in [0.29, 0.717) is 0 Å². The minimum Gasteiger partial charge on any atom is -0.496 e. The molecular formula is C12H12BrF3O4. The van der Waals surface area contributed by atoms with Gasteiger partial charge < -0.3 is 14.6 Å². The van der Waals surface area contributed by atoms with Crippen molar-refractivity contribution >= 4 is 21.9 Å². The average Bonchev–Trinajstić information content (AvgIpc) is 2.36. The van der Waals surface area contributed by atoms with Crippen LogP contribution in [0.15, 0.2) is 16.6 Å². The molecule has 1 N–H and O–H groups in total. The zero-order chi connectivity index (χ0) is 15.5. The first-order chi connectivity index (χ1) is 9.22. The van der Waals surface area contributed by atoms with Gasteiger partial charge in [-0.1, -0.05) is 15.9 Å². The van der Waals surface area contributed by atoms with E-state index in [-0.39, 0.29) is 16.6 Å². The van der Waals surface area contributed by atoms with Crippen LogP contribution in [0.4, 0.5) is 13.2 Å². The van der Waals surface area contributed by atoms with Crippen molar-refractivity contribution in [3.8, 4) is 5.75 Å². The summed E-state index contributed by atoms with van der Waals surface area (Å²) in [6.07, 6.45) is -6.54. The number of esters is 1. The molecule has 1 unspecified atom stereocenters. The number of ether oxygens (including phenoxy) is 2. The Morgan fingerprint density at radius 2 is 2.05 bits per heavy atom. The van der Waals surface area contributed by atoms with Gasteiger partial charge in [-0.15, -0.1) is 0 Å². The van der Waals surface area contributed by atoms with E-state index in [2.05, 4.69) is 20.7 Å². The Bertz CT molecular complexity index is 502. The van der Waals surface area contributed by atoms with Crippen molar-refractivity contribution in [2.75, 3.05) is 13.7 Å². The molecule has 0 saturated heterocycles. The second-order valence-corrected chi connectivity index (χ2v) is 4.64. The zero-order valence-electron chi connectivity index (χ0n) is 10.6. The number of aliphatic hydroxyl groups excluding tert-OH is 1. The van der Waals surface area contributed by atoms with E-state index in [1.54, 1.807) is 0 Å². The monoisotopic (exact) mass is 356 g/mol. The average molecular weight is 357 g/mol. The molecule has 0 bridgehead atoms. The van der Waals surface area contributed by atoms with Gasteiger partial charge in [0, 0.05) is 10.0 Å². The summed E-state index contributed by atoms with van der Waals surface area (Å²) in [5.41, 5.74) is -1.40. The highest BCUT2D eigenvalue weighted by molar-refractivity contribution is 9.10. The van der Waals surface area contributed by atoms with Crippen LogP contribution in [-0.4, -0.2) is 24.8 Å². The first-order valence-electron chi connectivity index (χ1n) is 5.51. The number of carbonyl (C=O) groups excluding carboxylic acids is 1. The molecule has 1 aromatic rings. The lowest BCUT2D eigenvalue weighted by atomic mass is 10.0. The van der Waals surface area contributed by atoms with Crippen molar-refractivity contribution in [3.05, 3.63) is 27.7 Å². The molecule has 0 amide bonds. The Labute approximate surface area is 121 Å². The quantitative estimate of drug-likeness (QED) is 0.842. The number of alkyl halides is 3. The van der Waals surface area contributed by atoms with Crippen molar-refractivity contribution in [1.82, 2.24) is 0 Å². The third kappa shape index (κ3) is 3.63. The zero-order valence-corrected chi connectivity index (χ0v) is 12.2. The smallest absolute Gasteiger partial charge is 0.420 e. The Morgan fingerprint density at radius 3 is 2.50 bits per heavy atom. The molecule has 0 aliphatic carbocycles. The number of methoxy groups -OCH3 is 1. The predicted molar refractivity (Wildman–Crippen MR) is 67.3 cm³/mol. The molecule has 112 valence electrons. The highest BCUT2D eigenvalue weighted by Crippen LogP contribution is 2.42. The summed E-state index contributed by atoms with van der Waals surface area (Å²) in [5.74, 6) is -1.65. The van der Waals surface area contributed by atoms with Gasteiger partial charge in [0.1, 0.15) is 5.75 Å². The summed E-state index contributed by atoms with van der Waals surface area (Å²) in [7, 11) is 1.03. The SMILES string of the molecule is CCOC(=O)C(O)c1cc(Br)cc(C(F)(F)F)c1OC. The highest BCUT2D eigenvalue weighted by atomic mass is 79.9. The van der Waals surface area contributed by atoms with Crippen molar-refractivity contribution in [3.63, 3.8) is 0 Å². The summed E-state index contributed by atoms with van der Waals surface area (Å²) in [6, 6.07) is 1.98. The van der Waals surface area contributed by atoms with Crippen molar-refractivity contribution in [1.29, 1.82) is 0 Å². The first kappa shape index (κ1) is 16.8. The van der Waals surface area contributed by atoms with Crippen molar-refractivity contribution in [2.24, 2.45) is 0 Å². The maximum absolute atomic E-state index is 12.9. The first-order valence-corrected chi connectivity index (χ1v) is 6.31. The lowest BCUT2D eigenvalue weighted by Crippen LogP contribution is -2.18. The summed E-state index contributed by atoms with van der Waals surface area (Å²) in [4.78, 5) is 11.5. The number of halogens is 4. The molecule has 4 nitrogen and oxygen atoms in total. The Hall–Kier alpha value is -1.28. The highest BCUT2D eigenvalue weighted by Gasteiger charge is 2.37. The van der Waals surface area contributed by atoms with Crippen LogP contribution in [0.3, 0.4) is 0 Å². The molecule has 1 aromatic carbocycles. The molecule has 0 aliphatic heterocycles. The molecule has 1 rings (SSSR count). The molecule has 0 radical (unpaired) electrons. The third-order valence-electron chi connectivity index (χ3n) is 2.40. The van der Waals surface area contributed by atoms with Gasteiger partial charge in [-0.25, -0.2) is 4.79 Å². The van der Waals surface area contributed by atoms with E-state index in [4.69, 9.17) is 4.74 Å². The van der Waals surface area contributed by atoms with Crippen molar-refractivity contribution < 1.29 is 32.5 Å². The van der Waals surface area contributed by atoms with E-state index in [0.717, 1.165) is 13.2 Å². The normalized spacial score (nSPS) is 12.9. The summed E-state index contributed by atoms with van der Waals surface area (Å²) >= 11 is 2.91. The molecule has 0 heterocycles. The molecular weight excluding hydrogens is 345 g/mol. The maximum atomic E-state index is 12.9. The van der Waals surface area contributed by atoms with Crippen LogP contribution in [0.25, 0.3) is 0 Å². The molecule has 0 saturated carbocycles. The predicted octanol–water partition coefficient (Wildman–Crippen LogP) is 3.07. The van der Waals surface area contributed by atoms with E-state index in [1.165, 1.54) is 13.0 Å². The van der Waals surface area contributed by atoms with Gasteiger partial charge in [-0.05, 0) is 19.1 Å². The fourth-order valence-corrected chi connectivity index (χ4v) is 2.08. The number of rotatable bonds is 4. The Morgan fingerprint density at radius 1 is 1.45 bits per heavy atom. The van der Waals surface area contributed by atoms with Crippen LogP contribution < -0.4 is 4.74 Å². The maximum Gasteiger partial charge on any atom is 0.420 e. The summed E-state index contributed by atoms with van der Waals surface area (Å²) in [6.45, 7) is 1.52. The van der Waals surface area contributed by atoms with Crippen LogP contribution in [0.5, 0.6) is 5.75 Å². The van der Waals surface area contributed by atoms with E-state index < -0.39 is 29.6 Å². The Balaban J connectivity index is 3.39.